The second-order valence-corrected chi connectivity index (χ2v) is 6.88. The van der Waals surface area contributed by atoms with Crippen molar-refractivity contribution < 1.29 is 4.39 Å². The Kier molecular flexibility index (Phi) is 4.82. The zero-order chi connectivity index (χ0) is 16.4. The highest BCUT2D eigenvalue weighted by Gasteiger charge is 2.11. The topological polar surface area (TPSA) is 34.9 Å². The van der Waals surface area contributed by atoms with Crippen LogP contribution in [0.1, 0.15) is 12.5 Å². The lowest BCUT2D eigenvalue weighted by Crippen LogP contribution is -2.22. The van der Waals surface area contributed by atoms with Crippen molar-refractivity contribution in [2.75, 3.05) is 0 Å². The predicted molar refractivity (Wildman–Crippen MR) is 95.3 cm³/mol. The summed E-state index contributed by atoms with van der Waals surface area (Å²) in [6.45, 7) is 2.48. The fourth-order valence-corrected chi connectivity index (χ4v) is 3.67. The van der Waals surface area contributed by atoms with Crippen LogP contribution in [0.5, 0.6) is 0 Å². The zero-order valence-electron chi connectivity index (χ0n) is 12.4. The predicted octanol–water partition coefficient (Wildman–Crippen LogP) is 4.61. The van der Waals surface area contributed by atoms with Gasteiger partial charge in [0.25, 0.3) is 5.56 Å². The van der Waals surface area contributed by atoms with E-state index in [-0.39, 0.29) is 11.4 Å². The summed E-state index contributed by atoms with van der Waals surface area (Å²) < 4.78 is 15.5. The molecule has 118 valence electrons. The SMILES string of the molecule is CCn1c(SCc2ccc(F)cc2)nc2ccc(Br)cc2c1=O. The van der Waals surface area contributed by atoms with E-state index in [2.05, 4.69) is 20.9 Å². The van der Waals surface area contributed by atoms with Crippen molar-refractivity contribution in [3.05, 3.63) is 68.7 Å². The molecule has 1 aromatic heterocycles. The molecule has 0 saturated carbocycles. The van der Waals surface area contributed by atoms with Crippen LogP contribution in [-0.4, -0.2) is 9.55 Å². The summed E-state index contributed by atoms with van der Waals surface area (Å²) in [7, 11) is 0. The van der Waals surface area contributed by atoms with Gasteiger partial charge in [-0.05, 0) is 42.8 Å². The fourth-order valence-electron chi connectivity index (χ4n) is 2.29. The molecule has 6 heteroatoms. The van der Waals surface area contributed by atoms with Gasteiger partial charge in [-0.2, -0.15) is 0 Å². The van der Waals surface area contributed by atoms with Crippen LogP contribution in [0.4, 0.5) is 4.39 Å². The minimum absolute atomic E-state index is 0.0413. The molecular formula is C17H14BrFN2OS. The Balaban J connectivity index is 1.98. The molecule has 0 atom stereocenters. The van der Waals surface area contributed by atoms with Gasteiger partial charge >= 0.3 is 0 Å². The lowest BCUT2D eigenvalue weighted by atomic mass is 10.2. The summed E-state index contributed by atoms with van der Waals surface area (Å²) in [5, 5.41) is 1.28. The van der Waals surface area contributed by atoms with Crippen molar-refractivity contribution in [2.45, 2.75) is 24.4 Å². The number of nitrogens with zero attached hydrogens (tertiary/aromatic N) is 2. The Morgan fingerprint density at radius 2 is 1.96 bits per heavy atom. The molecule has 0 saturated heterocycles. The van der Waals surface area contributed by atoms with Gasteiger partial charge in [-0.25, -0.2) is 9.37 Å². The normalized spacial score (nSPS) is 11.1. The minimum atomic E-state index is -0.251. The Morgan fingerprint density at radius 3 is 2.65 bits per heavy atom. The third-order valence-electron chi connectivity index (χ3n) is 3.48. The van der Waals surface area contributed by atoms with Crippen molar-refractivity contribution in [3.63, 3.8) is 0 Å². The van der Waals surface area contributed by atoms with Crippen molar-refractivity contribution in [1.29, 1.82) is 0 Å². The standard InChI is InChI=1S/C17H14BrFN2OS/c1-2-21-16(22)14-9-12(18)5-8-15(14)20-17(21)23-10-11-3-6-13(19)7-4-11/h3-9H,2,10H2,1H3. The smallest absolute Gasteiger partial charge is 0.262 e. The van der Waals surface area contributed by atoms with E-state index in [9.17, 15) is 9.18 Å². The largest absolute Gasteiger partial charge is 0.287 e. The van der Waals surface area contributed by atoms with Crippen LogP contribution in [0.2, 0.25) is 0 Å². The lowest BCUT2D eigenvalue weighted by Gasteiger charge is -2.11. The molecule has 0 unspecified atom stereocenters. The molecule has 0 spiro atoms. The first-order valence-corrected chi connectivity index (χ1v) is 8.93. The van der Waals surface area contributed by atoms with Crippen molar-refractivity contribution >= 4 is 38.6 Å². The van der Waals surface area contributed by atoms with Gasteiger partial charge in [-0.3, -0.25) is 9.36 Å². The lowest BCUT2D eigenvalue weighted by molar-refractivity contribution is 0.627. The highest BCUT2D eigenvalue weighted by Crippen LogP contribution is 2.23. The molecule has 0 radical (unpaired) electrons. The summed E-state index contributed by atoms with van der Waals surface area (Å²) in [5.74, 6) is 0.382. The molecule has 3 nitrogen and oxygen atoms in total. The molecule has 1 heterocycles. The molecule has 23 heavy (non-hydrogen) atoms. The van der Waals surface area contributed by atoms with Crippen LogP contribution in [0, 0.1) is 5.82 Å². The van der Waals surface area contributed by atoms with E-state index in [1.807, 2.05) is 19.1 Å². The Bertz CT molecular complexity index is 909. The Labute approximate surface area is 145 Å². The highest BCUT2D eigenvalue weighted by atomic mass is 79.9. The quantitative estimate of drug-likeness (QED) is 0.480. The first kappa shape index (κ1) is 16.2. The molecule has 0 aliphatic rings. The van der Waals surface area contributed by atoms with Gasteiger partial charge in [-0.15, -0.1) is 0 Å². The van der Waals surface area contributed by atoms with Crippen LogP contribution in [0.25, 0.3) is 10.9 Å². The van der Waals surface area contributed by atoms with Crippen LogP contribution >= 0.6 is 27.7 Å². The number of fused-ring (bicyclic) bond motifs is 1. The maximum Gasteiger partial charge on any atom is 0.262 e. The monoisotopic (exact) mass is 392 g/mol. The minimum Gasteiger partial charge on any atom is -0.287 e. The van der Waals surface area contributed by atoms with Gasteiger partial charge in [0.15, 0.2) is 5.16 Å². The molecule has 0 aliphatic carbocycles. The van der Waals surface area contributed by atoms with Crippen LogP contribution < -0.4 is 5.56 Å². The van der Waals surface area contributed by atoms with Gasteiger partial charge in [0.2, 0.25) is 0 Å². The molecule has 3 rings (SSSR count). The van der Waals surface area contributed by atoms with Crippen molar-refractivity contribution in [1.82, 2.24) is 9.55 Å². The summed E-state index contributed by atoms with van der Waals surface area (Å²) in [4.78, 5) is 17.2. The molecule has 0 bridgehead atoms. The van der Waals surface area contributed by atoms with E-state index in [0.29, 0.717) is 28.4 Å². The first-order chi connectivity index (χ1) is 11.1. The van der Waals surface area contributed by atoms with Crippen molar-refractivity contribution in [2.24, 2.45) is 0 Å². The third-order valence-corrected chi connectivity index (χ3v) is 5.02. The molecule has 2 aromatic carbocycles. The summed E-state index contributed by atoms with van der Waals surface area (Å²) >= 11 is 4.87. The van der Waals surface area contributed by atoms with E-state index in [4.69, 9.17) is 0 Å². The van der Waals surface area contributed by atoms with Gasteiger partial charge in [0, 0.05) is 16.8 Å². The molecule has 0 aliphatic heterocycles. The Hall–Kier alpha value is -1.66. The van der Waals surface area contributed by atoms with E-state index < -0.39 is 0 Å². The highest BCUT2D eigenvalue weighted by molar-refractivity contribution is 9.10. The second-order valence-electron chi connectivity index (χ2n) is 5.02. The van der Waals surface area contributed by atoms with E-state index in [1.54, 1.807) is 22.8 Å². The van der Waals surface area contributed by atoms with E-state index >= 15 is 0 Å². The number of hydrogen-bond acceptors (Lipinski definition) is 3. The molecule has 3 aromatic rings. The van der Waals surface area contributed by atoms with Gasteiger partial charge in [0.05, 0.1) is 10.9 Å². The molecule has 0 fully saturated rings. The Morgan fingerprint density at radius 1 is 1.22 bits per heavy atom. The number of halogens is 2. The second kappa shape index (κ2) is 6.84. The first-order valence-electron chi connectivity index (χ1n) is 7.16. The number of rotatable bonds is 4. The summed E-state index contributed by atoms with van der Waals surface area (Å²) in [6.07, 6.45) is 0. The molecule has 0 amide bonds. The van der Waals surface area contributed by atoms with E-state index in [0.717, 1.165) is 10.0 Å². The summed E-state index contributed by atoms with van der Waals surface area (Å²) in [5.41, 5.74) is 1.63. The number of benzene rings is 2. The van der Waals surface area contributed by atoms with Crippen LogP contribution in [-0.2, 0) is 12.3 Å². The maximum absolute atomic E-state index is 13.0. The van der Waals surface area contributed by atoms with Gasteiger partial charge in [0.1, 0.15) is 5.82 Å². The average Bonchev–Trinajstić information content (AvgIpc) is 2.55. The fraction of sp³-hybridized carbons (Fsp3) is 0.176. The van der Waals surface area contributed by atoms with Crippen molar-refractivity contribution in [3.8, 4) is 0 Å². The number of aromatic nitrogens is 2. The average molecular weight is 393 g/mol. The zero-order valence-corrected chi connectivity index (χ0v) is 14.8. The maximum atomic E-state index is 13.0. The van der Waals surface area contributed by atoms with Gasteiger partial charge in [-0.1, -0.05) is 39.8 Å². The van der Waals surface area contributed by atoms with Crippen LogP contribution in [0.3, 0.4) is 0 Å². The summed E-state index contributed by atoms with van der Waals surface area (Å²) in [6, 6.07) is 11.9. The molecular weight excluding hydrogens is 379 g/mol. The number of hydrogen-bond donors (Lipinski definition) is 0. The van der Waals surface area contributed by atoms with Gasteiger partial charge < -0.3 is 0 Å². The third kappa shape index (κ3) is 3.48. The number of thioether (sulfide) groups is 1. The molecule has 0 N–H and O–H groups in total. The van der Waals surface area contributed by atoms with E-state index in [1.165, 1.54) is 23.9 Å². The van der Waals surface area contributed by atoms with Crippen LogP contribution in [0.15, 0.2) is 56.9 Å².